The minimum Gasteiger partial charge on any atom is -0.211 e. The first-order valence-electron chi connectivity index (χ1n) is 4.95. The predicted molar refractivity (Wildman–Crippen MR) is 64.0 cm³/mol. The second kappa shape index (κ2) is 5.62. The van der Waals surface area contributed by atoms with Crippen molar-refractivity contribution < 1.29 is 14.4 Å². The van der Waals surface area contributed by atoms with Crippen molar-refractivity contribution in [2.24, 2.45) is 15.0 Å². The first-order chi connectivity index (χ1) is 8.58. The second-order valence-electron chi connectivity index (χ2n) is 3.53. The highest BCUT2D eigenvalue weighted by atomic mass is 16.1. The largest absolute Gasteiger partial charge is 0.240 e. The van der Waals surface area contributed by atoms with Gasteiger partial charge in [0.25, 0.3) is 0 Å². The molecule has 0 bridgehead atoms. The molecule has 1 rings (SSSR count). The van der Waals surface area contributed by atoms with Crippen molar-refractivity contribution in [3.8, 4) is 0 Å². The lowest BCUT2D eigenvalue weighted by atomic mass is 9.99. The van der Waals surface area contributed by atoms with Gasteiger partial charge in [0, 0.05) is 16.7 Å². The molecular formula is C12H9N3O3. The minimum atomic E-state index is 0.290. The Morgan fingerprint density at radius 3 is 1.00 bits per heavy atom. The molecule has 1 aromatic rings. The molecule has 0 unspecified atom stereocenters. The van der Waals surface area contributed by atoms with Crippen LogP contribution < -0.4 is 0 Å². The molecule has 0 aliphatic heterocycles. The van der Waals surface area contributed by atoms with Crippen LogP contribution in [0, 0.1) is 20.8 Å². The molecule has 0 saturated heterocycles. The van der Waals surface area contributed by atoms with Crippen LogP contribution in [0.15, 0.2) is 15.0 Å². The third-order valence-electron chi connectivity index (χ3n) is 2.60. The van der Waals surface area contributed by atoms with E-state index in [2.05, 4.69) is 15.0 Å². The molecule has 0 spiro atoms. The molecule has 0 aromatic heterocycles. The number of benzene rings is 1. The van der Waals surface area contributed by atoms with Gasteiger partial charge in [-0.3, -0.25) is 0 Å². The predicted octanol–water partition coefficient (Wildman–Crippen LogP) is 2.51. The van der Waals surface area contributed by atoms with Crippen molar-refractivity contribution in [2.75, 3.05) is 0 Å². The number of nitrogens with zero attached hydrogens (tertiary/aromatic N) is 3. The molecule has 18 heavy (non-hydrogen) atoms. The number of hydrogen-bond donors (Lipinski definition) is 0. The standard InChI is InChI=1S/C12H9N3O3/c1-7-10(13-4-16)8(2)12(15-6-18)9(3)11(7)14-5-17/h1-3H3. The van der Waals surface area contributed by atoms with Gasteiger partial charge in [-0.2, -0.15) is 15.0 Å². The average molecular weight is 243 g/mol. The third-order valence-corrected chi connectivity index (χ3v) is 2.60. The molecule has 0 fully saturated rings. The molecule has 0 N–H and O–H groups in total. The maximum atomic E-state index is 10.4. The Kier molecular flexibility index (Phi) is 4.19. The Morgan fingerprint density at radius 1 is 0.611 bits per heavy atom. The van der Waals surface area contributed by atoms with Crippen LogP contribution in [0.3, 0.4) is 0 Å². The fraction of sp³-hybridized carbons (Fsp3) is 0.250. The number of carbonyl (C=O) groups excluding carboxylic acids is 3. The van der Waals surface area contributed by atoms with Gasteiger partial charge in [0.2, 0.25) is 18.2 Å². The Balaban J connectivity index is 3.91. The summed E-state index contributed by atoms with van der Waals surface area (Å²) in [4.78, 5) is 41.8. The van der Waals surface area contributed by atoms with Crippen LogP contribution >= 0.6 is 0 Å². The van der Waals surface area contributed by atoms with Crippen LogP contribution in [0.4, 0.5) is 17.1 Å². The quantitative estimate of drug-likeness (QED) is 0.603. The van der Waals surface area contributed by atoms with Gasteiger partial charge >= 0.3 is 0 Å². The second-order valence-corrected chi connectivity index (χ2v) is 3.53. The van der Waals surface area contributed by atoms with Crippen molar-refractivity contribution in [3.63, 3.8) is 0 Å². The molecule has 0 radical (unpaired) electrons. The van der Waals surface area contributed by atoms with Gasteiger partial charge in [-0.05, 0) is 20.8 Å². The number of isocyanates is 3. The van der Waals surface area contributed by atoms with Crippen LogP contribution in [0.5, 0.6) is 0 Å². The average Bonchev–Trinajstić information content (AvgIpc) is 2.35. The molecule has 1 aromatic carbocycles. The molecule has 0 saturated carbocycles. The summed E-state index contributed by atoms with van der Waals surface area (Å²) in [6, 6.07) is 0. The van der Waals surface area contributed by atoms with Gasteiger partial charge in [-0.15, -0.1) is 0 Å². The van der Waals surface area contributed by atoms with Crippen molar-refractivity contribution in [3.05, 3.63) is 16.7 Å². The van der Waals surface area contributed by atoms with Crippen molar-refractivity contribution >= 4 is 35.3 Å². The third kappa shape index (κ3) is 2.21. The summed E-state index contributed by atoms with van der Waals surface area (Å²) in [5.41, 5.74) is 2.46. The fourth-order valence-electron chi connectivity index (χ4n) is 1.82. The Hall–Kier alpha value is -2.64. The lowest BCUT2D eigenvalue weighted by Crippen LogP contribution is -1.89. The van der Waals surface area contributed by atoms with E-state index in [0.717, 1.165) is 0 Å². The van der Waals surface area contributed by atoms with Crippen LogP contribution in [-0.4, -0.2) is 18.2 Å². The van der Waals surface area contributed by atoms with Crippen molar-refractivity contribution in [2.45, 2.75) is 20.8 Å². The van der Waals surface area contributed by atoms with Gasteiger partial charge in [0.1, 0.15) is 0 Å². The van der Waals surface area contributed by atoms with E-state index in [-0.39, 0.29) is 0 Å². The number of hydrogen-bond acceptors (Lipinski definition) is 6. The van der Waals surface area contributed by atoms with Gasteiger partial charge in [0.15, 0.2) is 0 Å². The van der Waals surface area contributed by atoms with E-state index < -0.39 is 0 Å². The van der Waals surface area contributed by atoms with E-state index in [9.17, 15) is 14.4 Å². The summed E-state index contributed by atoms with van der Waals surface area (Å²) >= 11 is 0. The normalized spacial score (nSPS) is 8.83. The molecule has 0 heterocycles. The topological polar surface area (TPSA) is 88.3 Å². The summed E-state index contributed by atoms with van der Waals surface area (Å²) in [6.07, 6.45) is 4.26. The highest BCUT2D eigenvalue weighted by molar-refractivity contribution is 5.80. The molecule has 0 atom stereocenters. The summed E-state index contributed by atoms with van der Waals surface area (Å²) in [6.45, 7) is 4.96. The lowest BCUT2D eigenvalue weighted by Gasteiger charge is -2.12. The van der Waals surface area contributed by atoms with E-state index in [4.69, 9.17) is 0 Å². The zero-order valence-corrected chi connectivity index (χ0v) is 10.1. The van der Waals surface area contributed by atoms with Crippen molar-refractivity contribution in [1.29, 1.82) is 0 Å². The molecular weight excluding hydrogens is 234 g/mol. The molecule has 0 amide bonds. The summed E-state index contributed by atoms with van der Waals surface area (Å²) in [5.74, 6) is 0. The molecule has 0 aliphatic rings. The van der Waals surface area contributed by atoms with E-state index >= 15 is 0 Å². The van der Waals surface area contributed by atoms with E-state index in [0.29, 0.717) is 33.8 Å². The van der Waals surface area contributed by atoms with E-state index in [1.165, 1.54) is 18.2 Å². The first-order valence-corrected chi connectivity index (χ1v) is 4.95. The monoisotopic (exact) mass is 243 g/mol. The summed E-state index contributed by atoms with van der Waals surface area (Å²) in [5, 5.41) is 0. The zero-order chi connectivity index (χ0) is 13.7. The highest BCUT2D eigenvalue weighted by Gasteiger charge is 2.16. The fourth-order valence-corrected chi connectivity index (χ4v) is 1.82. The van der Waals surface area contributed by atoms with Crippen LogP contribution in [0.1, 0.15) is 16.7 Å². The minimum absolute atomic E-state index is 0.290. The van der Waals surface area contributed by atoms with E-state index in [1.54, 1.807) is 20.8 Å². The maximum absolute atomic E-state index is 10.4. The van der Waals surface area contributed by atoms with Crippen LogP contribution in [0.25, 0.3) is 0 Å². The summed E-state index contributed by atoms with van der Waals surface area (Å²) < 4.78 is 0. The SMILES string of the molecule is Cc1c(N=C=O)c(C)c(N=C=O)c(C)c1N=C=O. The molecule has 0 aliphatic carbocycles. The summed E-state index contributed by atoms with van der Waals surface area (Å²) in [7, 11) is 0. The highest BCUT2D eigenvalue weighted by Crippen LogP contribution is 2.41. The molecule has 6 heteroatoms. The Morgan fingerprint density at radius 2 is 0.833 bits per heavy atom. The smallest absolute Gasteiger partial charge is 0.211 e. The van der Waals surface area contributed by atoms with Gasteiger partial charge in [0.05, 0.1) is 17.1 Å². The Labute approximate surface area is 103 Å². The number of aliphatic imine (C=N–C) groups is 3. The van der Waals surface area contributed by atoms with Crippen LogP contribution in [0.2, 0.25) is 0 Å². The van der Waals surface area contributed by atoms with Crippen LogP contribution in [-0.2, 0) is 14.4 Å². The van der Waals surface area contributed by atoms with Gasteiger partial charge < -0.3 is 0 Å². The first kappa shape index (κ1) is 13.4. The lowest BCUT2D eigenvalue weighted by molar-refractivity contribution is 0.564. The zero-order valence-electron chi connectivity index (χ0n) is 10.1. The van der Waals surface area contributed by atoms with E-state index in [1.807, 2.05) is 0 Å². The van der Waals surface area contributed by atoms with Crippen molar-refractivity contribution in [1.82, 2.24) is 0 Å². The Bertz CT molecular complexity index is 533. The number of rotatable bonds is 3. The molecule has 6 nitrogen and oxygen atoms in total. The van der Waals surface area contributed by atoms with Gasteiger partial charge in [-0.25, -0.2) is 14.4 Å². The van der Waals surface area contributed by atoms with Gasteiger partial charge in [-0.1, -0.05) is 0 Å². The molecule has 90 valence electrons. The maximum Gasteiger partial charge on any atom is 0.240 e.